The van der Waals surface area contributed by atoms with Gasteiger partial charge in [-0.05, 0) is 42.7 Å². The van der Waals surface area contributed by atoms with Crippen LogP contribution in [0.5, 0.6) is 0 Å². The number of methoxy groups -OCH3 is 1. The van der Waals surface area contributed by atoms with Crippen molar-refractivity contribution in [2.24, 2.45) is 0 Å². The molecule has 0 aromatic heterocycles. The van der Waals surface area contributed by atoms with Crippen LogP contribution in [0.1, 0.15) is 41.5 Å². The van der Waals surface area contributed by atoms with Crippen molar-refractivity contribution in [3.05, 3.63) is 105 Å². The van der Waals surface area contributed by atoms with Crippen LogP contribution in [0.3, 0.4) is 0 Å². The number of piperidine rings is 1. The van der Waals surface area contributed by atoms with E-state index in [0.29, 0.717) is 35.4 Å². The predicted molar refractivity (Wildman–Crippen MR) is 143 cm³/mol. The molecule has 2 atom stereocenters. The lowest BCUT2D eigenvalue weighted by Crippen LogP contribution is -2.46. The van der Waals surface area contributed by atoms with Crippen LogP contribution < -0.4 is 0 Å². The van der Waals surface area contributed by atoms with Crippen molar-refractivity contribution < 1.29 is 18.7 Å². The van der Waals surface area contributed by atoms with Gasteiger partial charge in [0.25, 0.3) is 0 Å². The summed E-state index contributed by atoms with van der Waals surface area (Å²) in [6.07, 6.45) is 0.846. The van der Waals surface area contributed by atoms with E-state index in [1.807, 2.05) is 17.0 Å². The molecule has 1 aliphatic heterocycles. The van der Waals surface area contributed by atoms with Gasteiger partial charge < -0.3 is 14.4 Å². The molecule has 0 spiro atoms. The third-order valence-electron chi connectivity index (χ3n) is 6.22. The normalized spacial score (nSPS) is 17.3. The Bertz CT molecular complexity index is 1140. The molecule has 4 rings (SSSR count). The van der Waals surface area contributed by atoms with E-state index >= 15 is 0 Å². The Morgan fingerprint density at radius 3 is 2.39 bits per heavy atom. The van der Waals surface area contributed by atoms with E-state index in [1.54, 1.807) is 38.3 Å². The molecular formula is C29H32Cl2FNO3. The molecule has 1 amide bonds. The maximum atomic E-state index is 12.7. The Morgan fingerprint density at radius 1 is 1.03 bits per heavy atom. The number of halogens is 3. The quantitative estimate of drug-likeness (QED) is 0.337. The first-order valence-electron chi connectivity index (χ1n) is 11.9. The molecule has 3 aromatic rings. The van der Waals surface area contributed by atoms with Gasteiger partial charge in [-0.25, -0.2) is 4.39 Å². The average Bonchev–Trinajstić information content (AvgIpc) is 2.87. The van der Waals surface area contributed by atoms with Crippen LogP contribution in [0, 0.1) is 12.7 Å². The number of likely N-dealkylation sites (tertiary alicyclic amines) is 1. The van der Waals surface area contributed by atoms with Gasteiger partial charge in [-0.3, -0.25) is 4.79 Å². The summed E-state index contributed by atoms with van der Waals surface area (Å²) in [5.74, 6) is 0.161. The fraction of sp³-hybridized carbons (Fsp3) is 0.345. The minimum Gasteiger partial charge on any atom is -0.380 e. The van der Waals surface area contributed by atoms with Crippen molar-refractivity contribution in [1.82, 2.24) is 4.90 Å². The van der Waals surface area contributed by atoms with Crippen molar-refractivity contribution in [2.75, 3.05) is 20.2 Å². The number of amides is 1. The minimum absolute atomic E-state index is 0.0511. The number of ether oxygens (including phenoxy) is 2. The topological polar surface area (TPSA) is 38.8 Å². The zero-order chi connectivity index (χ0) is 26.1. The Morgan fingerprint density at radius 2 is 1.75 bits per heavy atom. The molecule has 0 bridgehead atoms. The highest BCUT2D eigenvalue weighted by Gasteiger charge is 2.32. The number of carbonyl (C=O) groups is 1. The summed E-state index contributed by atoms with van der Waals surface area (Å²) >= 11 is 12.1. The van der Waals surface area contributed by atoms with Crippen LogP contribution in [0.25, 0.3) is 0 Å². The number of hydrogen-bond acceptors (Lipinski definition) is 3. The van der Waals surface area contributed by atoms with Crippen molar-refractivity contribution in [1.29, 1.82) is 0 Å². The molecule has 1 heterocycles. The number of hydrogen-bond donors (Lipinski definition) is 0. The molecule has 0 N–H and O–H groups in total. The van der Waals surface area contributed by atoms with Crippen LogP contribution in [0.2, 0.25) is 10.0 Å². The number of carbonyl (C=O) groups excluding carboxylic acids is 1. The molecule has 3 aromatic carbocycles. The maximum absolute atomic E-state index is 12.7. The van der Waals surface area contributed by atoms with E-state index in [1.165, 1.54) is 17.2 Å². The van der Waals surface area contributed by atoms with Crippen LogP contribution in [-0.2, 0) is 27.5 Å². The van der Waals surface area contributed by atoms with Crippen molar-refractivity contribution in [3.63, 3.8) is 0 Å². The van der Waals surface area contributed by atoms with Gasteiger partial charge in [0, 0.05) is 38.6 Å². The minimum atomic E-state index is -0.204. The third kappa shape index (κ3) is 8.04. The summed E-state index contributed by atoms with van der Waals surface area (Å²) in [5, 5.41) is 1.06. The Kier molecular flexibility index (Phi) is 10.7. The number of nitrogens with zero attached hydrogens (tertiary/aromatic N) is 1. The average molecular weight is 532 g/mol. The van der Waals surface area contributed by atoms with Gasteiger partial charge in [-0.1, -0.05) is 77.3 Å². The van der Waals surface area contributed by atoms with Gasteiger partial charge in [0.15, 0.2) is 0 Å². The Labute approximate surface area is 222 Å². The largest absolute Gasteiger partial charge is 0.380 e. The molecule has 4 nitrogen and oxygen atoms in total. The highest BCUT2D eigenvalue weighted by Crippen LogP contribution is 2.32. The van der Waals surface area contributed by atoms with Gasteiger partial charge in [0.05, 0.1) is 29.4 Å². The molecular weight excluding hydrogens is 500 g/mol. The summed E-state index contributed by atoms with van der Waals surface area (Å²) in [5.41, 5.74) is 4.08. The van der Waals surface area contributed by atoms with Crippen molar-refractivity contribution >= 4 is 29.1 Å². The van der Waals surface area contributed by atoms with E-state index in [4.69, 9.17) is 32.7 Å². The van der Waals surface area contributed by atoms with Crippen molar-refractivity contribution in [3.8, 4) is 0 Å². The molecule has 7 heteroatoms. The summed E-state index contributed by atoms with van der Waals surface area (Å²) in [4.78, 5) is 13.7. The van der Waals surface area contributed by atoms with Crippen molar-refractivity contribution in [2.45, 2.75) is 45.5 Å². The van der Waals surface area contributed by atoms with Crippen LogP contribution in [0.15, 0.2) is 66.7 Å². The second kappa shape index (κ2) is 13.8. The van der Waals surface area contributed by atoms with Gasteiger partial charge in [0.1, 0.15) is 5.82 Å². The first-order chi connectivity index (χ1) is 17.3. The lowest BCUT2D eigenvalue weighted by atomic mass is 9.86. The Balaban J connectivity index is 0.000000303. The zero-order valence-electron chi connectivity index (χ0n) is 20.8. The second-order valence-electron chi connectivity index (χ2n) is 8.89. The monoisotopic (exact) mass is 531 g/mol. The molecule has 192 valence electrons. The Hall–Kier alpha value is -2.44. The molecule has 1 saturated heterocycles. The third-order valence-corrected chi connectivity index (χ3v) is 6.95. The SMILES string of the molecule is CC(=O)N1CCC(c2ccc(C)cc2)C(OCc2ccc(Cl)c(Cl)c2)C1.COCc1ccccc1F. The predicted octanol–water partition coefficient (Wildman–Crippen LogP) is 7.20. The van der Waals surface area contributed by atoms with E-state index in [-0.39, 0.29) is 23.7 Å². The van der Waals surface area contributed by atoms with E-state index in [2.05, 4.69) is 31.2 Å². The summed E-state index contributed by atoms with van der Waals surface area (Å²) in [6, 6.07) is 20.7. The first-order valence-corrected chi connectivity index (χ1v) is 12.6. The van der Waals surface area contributed by atoms with E-state index < -0.39 is 0 Å². The highest BCUT2D eigenvalue weighted by molar-refractivity contribution is 6.42. The highest BCUT2D eigenvalue weighted by atomic mass is 35.5. The lowest BCUT2D eigenvalue weighted by molar-refractivity contribution is -0.134. The molecule has 0 radical (unpaired) electrons. The van der Waals surface area contributed by atoms with E-state index in [9.17, 15) is 9.18 Å². The molecule has 1 aliphatic rings. The van der Waals surface area contributed by atoms with Gasteiger partial charge >= 0.3 is 0 Å². The first kappa shape index (κ1) is 28.1. The number of aryl methyl sites for hydroxylation is 1. The van der Waals surface area contributed by atoms with Gasteiger partial charge in [-0.2, -0.15) is 0 Å². The summed E-state index contributed by atoms with van der Waals surface area (Å²) < 4.78 is 23.7. The number of benzene rings is 3. The van der Waals surface area contributed by atoms with Crippen LogP contribution in [0.4, 0.5) is 4.39 Å². The molecule has 36 heavy (non-hydrogen) atoms. The van der Waals surface area contributed by atoms with Crippen LogP contribution >= 0.6 is 23.2 Å². The summed E-state index contributed by atoms with van der Waals surface area (Å²) in [7, 11) is 1.55. The molecule has 0 saturated carbocycles. The molecule has 1 fully saturated rings. The molecule has 0 aliphatic carbocycles. The standard InChI is InChI=1S/C21H23Cl2NO2.C8H9FO/c1-14-3-6-17(7-4-14)18-9-10-24(15(2)25)12-21(18)26-13-16-5-8-19(22)20(23)11-16;1-10-6-7-4-2-3-5-8(7)9/h3-8,11,18,21H,9-10,12-13H2,1-2H3;2-5H,6H2,1H3. The fourth-order valence-corrected chi connectivity index (χ4v) is 4.49. The smallest absolute Gasteiger partial charge is 0.219 e. The second-order valence-corrected chi connectivity index (χ2v) is 9.71. The zero-order valence-corrected chi connectivity index (χ0v) is 22.4. The van der Waals surface area contributed by atoms with E-state index in [0.717, 1.165) is 18.5 Å². The number of rotatable bonds is 6. The van der Waals surface area contributed by atoms with Gasteiger partial charge in [0.2, 0.25) is 5.91 Å². The van der Waals surface area contributed by atoms with Crippen LogP contribution in [-0.4, -0.2) is 37.1 Å². The van der Waals surface area contributed by atoms with Gasteiger partial charge in [-0.15, -0.1) is 0 Å². The molecule has 2 unspecified atom stereocenters. The summed E-state index contributed by atoms with van der Waals surface area (Å²) in [6.45, 7) is 5.85. The lowest BCUT2D eigenvalue weighted by Gasteiger charge is -2.38. The fourth-order valence-electron chi connectivity index (χ4n) is 4.17. The maximum Gasteiger partial charge on any atom is 0.219 e.